The summed E-state index contributed by atoms with van der Waals surface area (Å²) in [6.07, 6.45) is 3.67. The molecule has 5 rings (SSSR count). The van der Waals surface area contributed by atoms with Gasteiger partial charge in [0, 0.05) is 19.7 Å². The molecule has 0 radical (unpaired) electrons. The molecule has 3 saturated heterocycles. The summed E-state index contributed by atoms with van der Waals surface area (Å²) in [6.45, 7) is 3.08. The molecule has 3 N–H and O–H groups in total. The molecule has 1 spiro atoms. The third-order valence-electron chi connectivity index (χ3n) is 7.78. The second-order valence-electron chi connectivity index (χ2n) is 9.94. The topological polar surface area (TPSA) is 139 Å². The summed E-state index contributed by atoms with van der Waals surface area (Å²) in [5.41, 5.74) is 0.509. The zero-order chi connectivity index (χ0) is 25.3. The number of para-hydroxylation sites is 1. The Balaban J connectivity index is 1.39. The molecule has 0 saturated carbocycles. The van der Waals surface area contributed by atoms with Crippen molar-refractivity contribution in [2.45, 2.75) is 69.9 Å². The molecule has 3 fully saturated rings. The SMILES string of the molecule is CCCNC(=O)[C@@H]1[C@H]2C(=O)N(CCCCCO)C(C(=O)NCn3nnc4ccccc43)C23CC[C@H]1O3. The number of carbonyl (C=O) groups is 3. The first-order valence-corrected chi connectivity index (χ1v) is 12.9. The molecule has 3 aliphatic rings. The summed E-state index contributed by atoms with van der Waals surface area (Å²) < 4.78 is 8.02. The van der Waals surface area contributed by atoms with E-state index in [2.05, 4.69) is 20.9 Å². The number of fused-ring (bicyclic) bond motifs is 2. The van der Waals surface area contributed by atoms with E-state index < -0.39 is 23.5 Å². The van der Waals surface area contributed by atoms with Gasteiger partial charge in [-0.05, 0) is 50.7 Å². The highest BCUT2D eigenvalue weighted by molar-refractivity contribution is 5.98. The lowest BCUT2D eigenvalue weighted by atomic mass is 9.70. The van der Waals surface area contributed by atoms with Gasteiger partial charge in [-0.2, -0.15) is 0 Å². The van der Waals surface area contributed by atoms with Gasteiger partial charge in [-0.1, -0.05) is 24.3 Å². The fraction of sp³-hybridized carbons (Fsp3) is 0.640. The monoisotopic (exact) mass is 498 g/mol. The Morgan fingerprint density at radius 2 is 2.03 bits per heavy atom. The number of nitrogens with zero attached hydrogens (tertiary/aromatic N) is 4. The Labute approximate surface area is 209 Å². The van der Waals surface area contributed by atoms with Crippen LogP contribution in [0.25, 0.3) is 11.0 Å². The highest BCUT2D eigenvalue weighted by atomic mass is 16.5. The summed E-state index contributed by atoms with van der Waals surface area (Å²) in [5, 5.41) is 23.3. The molecular weight excluding hydrogens is 464 g/mol. The largest absolute Gasteiger partial charge is 0.396 e. The highest BCUT2D eigenvalue weighted by Gasteiger charge is 2.74. The average Bonchev–Trinajstić information content (AvgIpc) is 3.63. The Hall–Kier alpha value is -3.05. The maximum atomic E-state index is 13.8. The van der Waals surface area contributed by atoms with Crippen LogP contribution in [0.1, 0.15) is 45.4 Å². The van der Waals surface area contributed by atoms with Crippen LogP contribution in [0.5, 0.6) is 0 Å². The zero-order valence-corrected chi connectivity index (χ0v) is 20.6. The molecule has 1 aromatic heterocycles. The van der Waals surface area contributed by atoms with Gasteiger partial charge in [0.25, 0.3) is 0 Å². The maximum absolute atomic E-state index is 13.8. The molecular formula is C25H34N6O5. The van der Waals surface area contributed by atoms with E-state index in [0.717, 1.165) is 23.9 Å². The Bertz CT molecular complexity index is 1140. The van der Waals surface area contributed by atoms with Crippen molar-refractivity contribution in [3.05, 3.63) is 24.3 Å². The van der Waals surface area contributed by atoms with Crippen LogP contribution in [-0.4, -0.2) is 80.2 Å². The van der Waals surface area contributed by atoms with Crippen molar-refractivity contribution in [3.63, 3.8) is 0 Å². The number of likely N-dealkylation sites (tertiary alicyclic amines) is 1. The Morgan fingerprint density at radius 3 is 2.83 bits per heavy atom. The van der Waals surface area contributed by atoms with E-state index in [1.807, 2.05) is 31.2 Å². The molecule has 2 unspecified atom stereocenters. The van der Waals surface area contributed by atoms with Crippen molar-refractivity contribution in [1.82, 2.24) is 30.5 Å². The number of aliphatic hydroxyl groups is 1. The van der Waals surface area contributed by atoms with Gasteiger partial charge in [-0.3, -0.25) is 14.4 Å². The molecule has 2 aromatic rings. The van der Waals surface area contributed by atoms with Crippen LogP contribution in [0.3, 0.4) is 0 Å². The van der Waals surface area contributed by atoms with Crippen LogP contribution < -0.4 is 10.6 Å². The minimum atomic E-state index is -1.01. The van der Waals surface area contributed by atoms with Crippen molar-refractivity contribution in [2.75, 3.05) is 19.7 Å². The van der Waals surface area contributed by atoms with Crippen LogP contribution in [0.4, 0.5) is 0 Å². The normalized spacial score (nSPS) is 28.6. The number of carbonyl (C=O) groups excluding carboxylic acids is 3. The second-order valence-corrected chi connectivity index (χ2v) is 9.94. The van der Waals surface area contributed by atoms with Crippen molar-refractivity contribution < 1.29 is 24.2 Å². The molecule has 11 nitrogen and oxygen atoms in total. The van der Waals surface area contributed by atoms with Crippen LogP contribution in [0.2, 0.25) is 0 Å². The van der Waals surface area contributed by atoms with Gasteiger partial charge in [-0.25, -0.2) is 4.68 Å². The summed E-state index contributed by atoms with van der Waals surface area (Å²) in [5.74, 6) is -1.94. The number of benzene rings is 1. The predicted octanol–water partition coefficient (Wildman–Crippen LogP) is 0.568. The van der Waals surface area contributed by atoms with Gasteiger partial charge in [0.05, 0.1) is 23.5 Å². The molecule has 2 bridgehead atoms. The van der Waals surface area contributed by atoms with E-state index in [1.165, 1.54) is 0 Å². The first-order valence-electron chi connectivity index (χ1n) is 12.9. The van der Waals surface area contributed by atoms with Crippen molar-refractivity contribution in [2.24, 2.45) is 11.8 Å². The number of unbranched alkanes of at least 4 members (excludes halogenated alkanes) is 2. The number of aliphatic hydroxyl groups excluding tert-OH is 1. The highest BCUT2D eigenvalue weighted by Crippen LogP contribution is 2.58. The van der Waals surface area contributed by atoms with E-state index in [9.17, 15) is 14.4 Å². The van der Waals surface area contributed by atoms with E-state index in [4.69, 9.17) is 9.84 Å². The summed E-state index contributed by atoms with van der Waals surface area (Å²) in [6, 6.07) is 6.66. The number of ether oxygens (including phenoxy) is 1. The number of hydrogen-bond donors (Lipinski definition) is 3. The van der Waals surface area contributed by atoms with E-state index in [0.29, 0.717) is 38.8 Å². The number of rotatable bonds is 11. The molecule has 36 heavy (non-hydrogen) atoms. The molecule has 5 atom stereocenters. The Morgan fingerprint density at radius 1 is 1.19 bits per heavy atom. The minimum absolute atomic E-state index is 0.0841. The number of amides is 3. The van der Waals surface area contributed by atoms with Gasteiger partial charge in [0.1, 0.15) is 23.8 Å². The third kappa shape index (κ3) is 4.03. The third-order valence-corrected chi connectivity index (χ3v) is 7.78. The fourth-order valence-corrected chi connectivity index (χ4v) is 6.21. The van der Waals surface area contributed by atoms with Crippen molar-refractivity contribution in [3.8, 4) is 0 Å². The van der Waals surface area contributed by atoms with Gasteiger partial charge in [0.15, 0.2) is 0 Å². The standard InChI is InChI=1S/C25H34N6O5/c1-2-12-26-22(33)19-18-10-11-25(36-18)20(19)24(35)30(13-6-3-7-14-32)21(25)23(34)27-15-31-17-9-5-4-8-16(17)28-29-31/h4-5,8-9,18-21,32H,2-3,6-7,10-15H2,1H3,(H,26,33)(H,27,34)/t18-,19+,20+,21?,25?/m1/s1. The first kappa shape index (κ1) is 24.6. The molecule has 3 amide bonds. The fourth-order valence-electron chi connectivity index (χ4n) is 6.21. The molecule has 0 aliphatic carbocycles. The van der Waals surface area contributed by atoms with Gasteiger partial charge >= 0.3 is 0 Å². The number of nitrogens with one attached hydrogen (secondary N) is 2. The smallest absolute Gasteiger partial charge is 0.247 e. The van der Waals surface area contributed by atoms with Crippen LogP contribution in [0, 0.1) is 11.8 Å². The summed E-state index contributed by atoms with van der Waals surface area (Å²) >= 11 is 0. The van der Waals surface area contributed by atoms with Crippen molar-refractivity contribution >= 4 is 28.8 Å². The second kappa shape index (κ2) is 10.1. The molecule has 194 valence electrons. The molecule has 1 aromatic carbocycles. The summed E-state index contributed by atoms with van der Waals surface area (Å²) in [4.78, 5) is 42.1. The lowest BCUT2D eigenvalue weighted by Crippen LogP contribution is -2.55. The van der Waals surface area contributed by atoms with E-state index in [1.54, 1.807) is 9.58 Å². The quantitative estimate of drug-likeness (QED) is 0.385. The van der Waals surface area contributed by atoms with Gasteiger partial charge in [0.2, 0.25) is 17.7 Å². The average molecular weight is 499 g/mol. The molecule has 11 heteroatoms. The van der Waals surface area contributed by atoms with Gasteiger partial charge < -0.3 is 25.4 Å². The Kier molecular flexibility index (Phi) is 6.94. The molecule has 3 aliphatic heterocycles. The zero-order valence-electron chi connectivity index (χ0n) is 20.6. The lowest BCUT2D eigenvalue weighted by molar-refractivity contribution is -0.142. The first-order chi connectivity index (χ1) is 17.5. The van der Waals surface area contributed by atoms with Crippen LogP contribution in [-0.2, 0) is 25.8 Å². The predicted molar refractivity (Wildman–Crippen MR) is 129 cm³/mol. The minimum Gasteiger partial charge on any atom is -0.396 e. The lowest BCUT2D eigenvalue weighted by Gasteiger charge is -2.33. The van der Waals surface area contributed by atoms with Crippen molar-refractivity contribution in [1.29, 1.82) is 0 Å². The van der Waals surface area contributed by atoms with E-state index in [-0.39, 0.29) is 37.1 Å². The number of aromatic nitrogens is 3. The summed E-state index contributed by atoms with van der Waals surface area (Å²) in [7, 11) is 0. The van der Waals surface area contributed by atoms with Gasteiger partial charge in [-0.15, -0.1) is 5.10 Å². The van der Waals surface area contributed by atoms with E-state index >= 15 is 0 Å². The maximum Gasteiger partial charge on any atom is 0.247 e. The van der Waals surface area contributed by atoms with Crippen LogP contribution >= 0.6 is 0 Å². The van der Waals surface area contributed by atoms with Crippen LogP contribution in [0.15, 0.2) is 24.3 Å². The number of hydrogen-bond acceptors (Lipinski definition) is 7. The molecule has 4 heterocycles.